The maximum atomic E-state index is 9.06. The Labute approximate surface area is 102 Å². The van der Waals surface area contributed by atoms with Gasteiger partial charge in [0.25, 0.3) is 0 Å². The fraction of sp³-hybridized carbons (Fsp3) is 0.900. The van der Waals surface area contributed by atoms with Crippen LogP contribution in [0.15, 0.2) is 0 Å². The van der Waals surface area contributed by atoms with E-state index in [0.29, 0.717) is 5.92 Å². The molecule has 0 aromatic carbocycles. The number of thioether (sulfide) groups is 1. The van der Waals surface area contributed by atoms with Crippen LogP contribution in [0.3, 0.4) is 0 Å². The molecule has 0 spiro atoms. The molecule has 88 valence electrons. The molecular weight excluding hydrogens is 228 g/mol. The topological polar surface area (TPSA) is 35.5 Å². The normalized spacial score (nSPS) is 25.3. The van der Waals surface area contributed by atoms with Crippen molar-refractivity contribution in [2.45, 2.75) is 45.0 Å². The van der Waals surface area contributed by atoms with Gasteiger partial charge in [0, 0.05) is 6.54 Å². The van der Waals surface area contributed by atoms with Crippen molar-refractivity contribution in [1.82, 2.24) is 10.4 Å². The molecular formula is C10H20N2OS2. The summed E-state index contributed by atoms with van der Waals surface area (Å²) in [6, 6.07) is 0. The predicted octanol–water partition coefficient (Wildman–Crippen LogP) is 2.45. The van der Waals surface area contributed by atoms with Crippen LogP contribution in [0.4, 0.5) is 0 Å². The minimum absolute atomic E-state index is 0.0304. The fourth-order valence-corrected chi connectivity index (χ4v) is 3.38. The van der Waals surface area contributed by atoms with E-state index in [1.54, 1.807) is 0 Å². The van der Waals surface area contributed by atoms with Gasteiger partial charge in [-0.15, -0.1) is 0 Å². The zero-order valence-corrected chi connectivity index (χ0v) is 11.4. The van der Waals surface area contributed by atoms with Crippen LogP contribution in [-0.4, -0.2) is 31.9 Å². The maximum Gasteiger partial charge on any atom is 0.138 e. The Morgan fingerprint density at radius 1 is 1.60 bits per heavy atom. The van der Waals surface area contributed by atoms with E-state index < -0.39 is 0 Å². The lowest BCUT2D eigenvalue weighted by Crippen LogP contribution is -2.50. The molecule has 1 atom stereocenters. The van der Waals surface area contributed by atoms with Crippen molar-refractivity contribution in [3.8, 4) is 0 Å². The number of thiocarbonyl (C=S) groups is 1. The summed E-state index contributed by atoms with van der Waals surface area (Å²) in [7, 11) is 0. The molecule has 0 radical (unpaired) electrons. The molecule has 0 bridgehead atoms. The average molecular weight is 248 g/mol. The lowest BCUT2D eigenvalue weighted by atomic mass is 10.0. The number of nitrogens with zero attached hydrogens (tertiary/aromatic N) is 1. The molecule has 1 unspecified atom stereocenters. The van der Waals surface area contributed by atoms with E-state index in [4.69, 9.17) is 17.4 Å². The molecule has 5 heteroatoms. The Morgan fingerprint density at radius 2 is 2.20 bits per heavy atom. The second-order valence-electron chi connectivity index (χ2n) is 4.88. The van der Waals surface area contributed by atoms with Gasteiger partial charge in [0.2, 0.25) is 0 Å². The third-order valence-electron chi connectivity index (χ3n) is 2.82. The van der Waals surface area contributed by atoms with Crippen molar-refractivity contribution in [2.75, 3.05) is 6.54 Å². The van der Waals surface area contributed by atoms with Crippen molar-refractivity contribution in [3.05, 3.63) is 0 Å². The molecule has 1 rings (SSSR count). The molecule has 0 amide bonds. The van der Waals surface area contributed by atoms with Crippen LogP contribution >= 0.6 is 24.0 Å². The van der Waals surface area contributed by atoms with Gasteiger partial charge >= 0.3 is 0 Å². The van der Waals surface area contributed by atoms with Gasteiger partial charge in [-0.1, -0.05) is 37.8 Å². The molecule has 0 aromatic rings. The van der Waals surface area contributed by atoms with E-state index in [-0.39, 0.29) is 10.9 Å². The molecule has 2 N–H and O–H groups in total. The SMILES string of the molecule is CC(C)CCN1C(=S)SC(NO)C1(C)C. The first-order valence-electron chi connectivity index (χ1n) is 5.27. The second kappa shape index (κ2) is 4.99. The number of hydroxylamine groups is 1. The molecule has 0 aromatic heterocycles. The van der Waals surface area contributed by atoms with Crippen molar-refractivity contribution in [2.24, 2.45) is 5.92 Å². The van der Waals surface area contributed by atoms with Gasteiger partial charge in [0.15, 0.2) is 0 Å². The highest BCUT2D eigenvalue weighted by Crippen LogP contribution is 2.38. The quantitative estimate of drug-likeness (QED) is 0.590. The van der Waals surface area contributed by atoms with E-state index in [9.17, 15) is 0 Å². The van der Waals surface area contributed by atoms with Gasteiger partial charge in [-0.3, -0.25) is 0 Å². The van der Waals surface area contributed by atoms with Gasteiger partial charge in [0.1, 0.15) is 9.69 Å². The van der Waals surface area contributed by atoms with Gasteiger partial charge < -0.3 is 10.1 Å². The first-order chi connectivity index (χ1) is 6.89. The lowest BCUT2D eigenvalue weighted by molar-refractivity contribution is 0.0934. The molecule has 0 aliphatic carbocycles. The van der Waals surface area contributed by atoms with E-state index in [2.05, 4.69) is 38.1 Å². The third kappa shape index (κ3) is 2.84. The summed E-state index contributed by atoms with van der Waals surface area (Å²) in [5.74, 6) is 0.676. The monoisotopic (exact) mass is 248 g/mol. The number of hydrogen-bond donors (Lipinski definition) is 2. The predicted molar refractivity (Wildman–Crippen MR) is 69.1 cm³/mol. The molecule has 1 heterocycles. The molecule has 3 nitrogen and oxygen atoms in total. The minimum Gasteiger partial charge on any atom is -0.350 e. The van der Waals surface area contributed by atoms with Crippen molar-refractivity contribution >= 4 is 28.3 Å². The Hall–Kier alpha value is 0.160. The van der Waals surface area contributed by atoms with Crippen LogP contribution in [0.5, 0.6) is 0 Å². The lowest BCUT2D eigenvalue weighted by Gasteiger charge is -2.35. The molecule has 1 saturated heterocycles. The Morgan fingerprint density at radius 3 is 2.60 bits per heavy atom. The summed E-state index contributed by atoms with van der Waals surface area (Å²) in [6.07, 6.45) is 1.13. The van der Waals surface area contributed by atoms with Crippen LogP contribution in [0, 0.1) is 5.92 Å². The van der Waals surface area contributed by atoms with Gasteiger partial charge in [-0.25, -0.2) is 0 Å². The standard InChI is InChI=1S/C10H20N2OS2/c1-7(2)5-6-12-9(14)15-8(11-13)10(12,3)4/h7-8,11,13H,5-6H2,1-4H3. The summed E-state index contributed by atoms with van der Waals surface area (Å²) < 4.78 is 0.882. The second-order valence-corrected chi connectivity index (χ2v) is 6.62. The zero-order chi connectivity index (χ0) is 11.6. The highest BCUT2D eigenvalue weighted by atomic mass is 32.2. The summed E-state index contributed by atoms with van der Waals surface area (Å²) in [5, 5.41) is 9.03. The Bertz CT molecular complexity index is 244. The first kappa shape index (κ1) is 13.2. The van der Waals surface area contributed by atoms with Crippen molar-refractivity contribution < 1.29 is 5.21 Å². The molecule has 0 saturated carbocycles. The number of nitrogens with one attached hydrogen (secondary N) is 1. The largest absolute Gasteiger partial charge is 0.350 e. The number of rotatable bonds is 4. The van der Waals surface area contributed by atoms with E-state index in [1.165, 1.54) is 11.8 Å². The molecule has 1 aliphatic heterocycles. The van der Waals surface area contributed by atoms with Crippen LogP contribution in [0.25, 0.3) is 0 Å². The van der Waals surface area contributed by atoms with Crippen molar-refractivity contribution in [3.63, 3.8) is 0 Å². The summed E-state index contributed by atoms with van der Waals surface area (Å²) >= 11 is 6.85. The van der Waals surface area contributed by atoms with Crippen LogP contribution in [0.2, 0.25) is 0 Å². The Balaban J connectivity index is 2.66. The highest BCUT2D eigenvalue weighted by Gasteiger charge is 2.44. The minimum atomic E-state index is -0.120. The van der Waals surface area contributed by atoms with E-state index in [1.807, 2.05) is 0 Å². The summed E-state index contributed by atoms with van der Waals surface area (Å²) in [4.78, 5) is 2.21. The average Bonchev–Trinajstić information content (AvgIpc) is 2.33. The molecule has 15 heavy (non-hydrogen) atoms. The van der Waals surface area contributed by atoms with Gasteiger partial charge in [0.05, 0.1) is 5.54 Å². The maximum absolute atomic E-state index is 9.06. The summed E-state index contributed by atoms with van der Waals surface area (Å²) in [5.41, 5.74) is 2.22. The van der Waals surface area contributed by atoms with Crippen LogP contribution in [-0.2, 0) is 0 Å². The third-order valence-corrected chi connectivity index (χ3v) is 4.67. The van der Waals surface area contributed by atoms with E-state index >= 15 is 0 Å². The fourth-order valence-electron chi connectivity index (χ4n) is 1.64. The molecule has 1 fully saturated rings. The van der Waals surface area contributed by atoms with Gasteiger partial charge in [-0.2, -0.15) is 5.48 Å². The van der Waals surface area contributed by atoms with Crippen LogP contribution in [0.1, 0.15) is 34.1 Å². The van der Waals surface area contributed by atoms with Gasteiger partial charge in [-0.05, 0) is 26.2 Å². The number of hydrogen-bond acceptors (Lipinski definition) is 4. The smallest absolute Gasteiger partial charge is 0.138 e. The van der Waals surface area contributed by atoms with Crippen LogP contribution < -0.4 is 5.48 Å². The summed E-state index contributed by atoms with van der Waals surface area (Å²) in [6.45, 7) is 9.60. The highest BCUT2D eigenvalue weighted by molar-refractivity contribution is 8.23. The van der Waals surface area contributed by atoms with E-state index in [0.717, 1.165) is 17.3 Å². The van der Waals surface area contributed by atoms with Crippen molar-refractivity contribution in [1.29, 1.82) is 0 Å². The zero-order valence-electron chi connectivity index (χ0n) is 9.78. The molecule has 1 aliphatic rings. The Kier molecular flexibility index (Phi) is 4.40. The first-order valence-corrected chi connectivity index (χ1v) is 6.56.